The Morgan fingerprint density at radius 3 is 2.16 bits per heavy atom. The summed E-state index contributed by atoms with van der Waals surface area (Å²) >= 11 is 0. The van der Waals surface area contributed by atoms with Gasteiger partial charge in [0.2, 0.25) is 5.75 Å². The van der Waals surface area contributed by atoms with Gasteiger partial charge in [-0.2, -0.15) is 0 Å². The molecule has 7 heteroatoms. The van der Waals surface area contributed by atoms with Crippen LogP contribution in [0.2, 0.25) is 0 Å². The Morgan fingerprint density at radius 2 is 1.55 bits per heavy atom. The number of phenolic OH excluding ortho intramolecular Hbond substituents is 3. The van der Waals surface area contributed by atoms with Crippen molar-refractivity contribution in [1.29, 1.82) is 0 Å². The summed E-state index contributed by atoms with van der Waals surface area (Å²) in [5, 5.41) is 30.1. The fourth-order valence-corrected chi connectivity index (χ4v) is 4.17. The molecule has 0 aromatic heterocycles. The van der Waals surface area contributed by atoms with Crippen LogP contribution < -0.4 is 14.2 Å². The number of hydrogen-bond donors (Lipinski definition) is 3. The lowest BCUT2D eigenvalue weighted by Gasteiger charge is -2.35. The Kier molecular flexibility index (Phi) is 5.27. The van der Waals surface area contributed by atoms with Crippen LogP contribution in [0, 0.1) is 12.7 Å². The lowest BCUT2D eigenvalue weighted by molar-refractivity contribution is 0.244. The van der Waals surface area contributed by atoms with Crippen LogP contribution in [0.15, 0.2) is 42.5 Å². The van der Waals surface area contributed by atoms with Crippen molar-refractivity contribution in [2.24, 2.45) is 0 Å². The van der Waals surface area contributed by atoms with Gasteiger partial charge in [-0.15, -0.1) is 0 Å². The SMILES string of the molecule is COc1cc(C2COc3c(ccc(O)c3C)C2c2ccc(O)c(F)c2)cc(OC)c1O. The van der Waals surface area contributed by atoms with Gasteiger partial charge in [0, 0.05) is 23.0 Å². The van der Waals surface area contributed by atoms with Crippen LogP contribution in [0.4, 0.5) is 4.39 Å². The number of ether oxygens (including phenoxy) is 3. The largest absolute Gasteiger partial charge is 0.508 e. The zero-order chi connectivity index (χ0) is 22.3. The highest BCUT2D eigenvalue weighted by atomic mass is 19.1. The van der Waals surface area contributed by atoms with Crippen LogP contribution in [-0.4, -0.2) is 36.1 Å². The number of aromatic hydroxyl groups is 3. The lowest BCUT2D eigenvalue weighted by atomic mass is 9.75. The van der Waals surface area contributed by atoms with E-state index >= 15 is 0 Å². The zero-order valence-corrected chi connectivity index (χ0v) is 17.3. The van der Waals surface area contributed by atoms with Crippen LogP contribution in [-0.2, 0) is 0 Å². The normalized spacial score (nSPS) is 17.5. The van der Waals surface area contributed by atoms with Crippen LogP contribution in [0.25, 0.3) is 0 Å². The van der Waals surface area contributed by atoms with Gasteiger partial charge >= 0.3 is 0 Å². The van der Waals surface area contributed by atoms with E-state index in [4.69, 9.17) is 14.2 Å². The number of methoxy groups -OCH3 is 2. The maximum Gasteiger partial charge on any atom is 0.200 e. The van der Waals surface area contributed by atoms with Crippen molar-refractivity contribution in [2.45, 2.75) is 18.8 Å². The third-order valence-corrected chi connectivity index (χ3v) is 5.81. The van der Waals surface area contributed by atoms with Crippen molar-refractivity contribution in [3.8, 4) is 34.5 Å². The van der Waals surface area contributed by atoms with E-state index in [0.29, 0.717) is 16.9 Å². The molecule has 0 saturated carbocycles. The summed E-state index contributed by atoms with van der Waals surface area (Å²) in [6.07, 6.45) is 0. The van der Waals surface area contributed by atoms with E-state index in [0.717, 1.165) is 11.1 Å². The summed E-state index contributed by atoms with van der Waals surface area (Å²) in [5.41, 5.74) is 2.78. The third-order valence-electron chi connectivity index (χ3n) is 5.81. The number of phenols is 3. The molecule has 6 nitrogen and oxygen atoms in total. The predicted molar refractivity (Wildman–Crippen MR) is 112 cm³/mol. The monoisotopic (exact) mass is 426 g/mol. The van der Waals surface area contributed by atoms with E-state index in [2.05, 4.69) is 0 Å². The molecule has 4 rings (SSSR count). The van der Waals surface area contributed by atoms with Gasteiger partial charge in [0.05, 0.1) is 20.8 Å². The van der Waals surface area contributed by atoms with Crippen molar-refractivity contribution in [1.82, 2.24) is 0 Å². The molecule has 0 bridgehead atoms. The maximum atomic E-state index is 14.3. The van der Waals surface area contributed by atoms with E-state index in [-0.39, 0.29) is 41.4 Å². The van der Waals surface area contributed by atoms with E-state index in [1.807, 2.05) is 0 Å². The minimum Gasteiger partial charge on any atom is -0.508 e. The van der Waals surface area contributed by atoms with Crippen molar-refractivity contribution in [3.05, 3.63) is 70.5 Å². The second-order valence-corrected chi connectivity index (χ2v) is 7.51. The topological polar surface area (TPSA) is 88.4 Å². The Labute approximate surface area is 179 Å². The first-order valence-electron chi connectivity index (χ1n) is 9.74. The van der Waals surface area contributed by atoms with Crippen molar-refractivity contribution < 1.29 is 33.9 Å². The van der Waals surface area contributed by atoms with Crippen molar-refractivity contribution in [3.63, 3.8) is 0 Å². The molecule has 0 spiro atoms. The fourth-order valence-electron chi connectivity index (χ4n) is 4.17. The number of rotatable bonds is 4. The van der Waals surface area contributed by atoms with E-state index in [1.54, 1.807) is 37.3 Å². The lowest BCUT2D eigenvalue weighted by Crippen LogP contribution is -2.26. The molecular weight excluding hydrogens is 403 g/mol. The van der Waals surface area contributed by atoms with Crippen LogP contribution in [0.1, 0.15) is 34.1 Å². The van der Waals surface area contributed by atoms with Gasteiger partial charge < -0.3 is 29.5 Å². The molecule has 2 atom stereocenters. The average Bonchev–Trinajstić information content (AvgIpc) is 2.77. The quantitative estimate of drug-likeness (QED) is 0.566. The number of fused-ring (bicyclic) bond motifs is 1. The highest BCUT2D eigenvalue weighted by Gasteiger charge is 2.36. The molecule has 3 aromatic rings. The molecule has 0 fully saturated rings. The van der Waals surface area contributed by atoms with E-state index in [1.165, 1.54) is 26.4 Å². The zero-order valence-electron chi connectivity index (χ0n) is 17.3. The summed E-state index contributed by atoms with van der Waals surface area (Å²) in [4.78, 5) is 0. The van der Waals surface area contributed by atoms with E-state index in [9.17, 15) is 19.7 Å². The second-order valence-electron chi connectivity index (χ2n) is 7.51. The molecule has 1 aliphatic rings. The van der Waals surface area contributed by atoms with Crippen LogP contribution in [0.5, 0.6) is 34.5 Å². The number of hydrogen-bond acceptors (Lipinski definition) is 6. The molecular formula is C24H23FO6. The molecule has 0 amide bonds. The molecule has 3 aromatic carbocycles. The highest BCUT2D eigenvalue weighted by molar-refractivity contribution is 5.58. The summed E-state index contributed by atoms with van der Waals surface area (Å²) in [7, 11) is 2.90. The molecule has 3 N–H and O–H groups in total. The maximum absolute atomic E-state index is 14.3. The van der Waals surface area contributed by atoms with Gasteiger partial charge in [-0.05, 0) is 48.4 Å². The molecule has 0 saturated heterocycles. The van der Waals surface area contributed by atoms with Gasteiger partial charge in [-0.3, -0.25) is 0 Å². The standard InChI is InChI=1S/C24H23FO6/c1-12-18(26)7-5-15-22(13-4-6-19(27)17(25)8-13)16(11-31-24(12)15)14-9-20(29-2)23(28)21(10-14)30-3/h4-10,16,22,26-28H,11H2,1-3H3. The first-order valence-corrected chi connectivity index (χ1v) is 9.74. The van der Waals surface area contributed by atoms with Crippen molar-refractivity contribution in [2.75, 3.05) is 20.8 Å². The van der Waals surface area contributed by atoms with Gasteiger partial charge in [0.25, 0.3) is 0 Å². The molecule has 31 heavy (non-hydrogen) atoms. The first-order chi connectivity index (χ1) is 14.8. The summed E-state index contributed by atoms with van der Waals surface area (Å²) in [6.45, 7) is 2.00. The summed E-state index contributed by atoms with van der Waals surface area (Å²) < 4.78 is 30.9. The van der Waals surface area contributed by atoms with Crippen LogP contribution >= 0.6 is 0 Å². The number of halogens is 1. The first kappa shape index (κ1) is 20.7. The molecule has 0 aliphatic carbocycles. The number of benzene rings is 3. The molecule has 162 valence electrons. The van der Waals surface area contributed by atoms with Crippen LogP contribution in [0.3, 0.4) is 0 Å². The highest BCUT2D eigenvalue weighted by Crippen LogP contribution is 2.51. The van der Waals surface area contributed by atoms with Gasteiger partial charge in [-0.1, -0.05) is 12.1 Å². The molecule has 1 aliphatic heterocycles. The van der Waals surface area contributed by atoms with Gasteiger partial charge in [0.15, 0.2) is 23.1 Å². The Morgan fingerprint density at radius 1 is 0.903 bits per heavy atom. The Bertz CT molecular complexity index is 1120. The summed E-state index contributed by atoms with van der Waals surface area (Å²) in [5.74, 6) is -0.744. The van der Waals surface area contributed by atoms with Gasteiger partial charge in [-0.25, -0.2) is 4.39 Å². The second kappa shape index (κ2) is 7.91. The minimum atomic E-state index is -0.722. The predicted octanol–water partition coefficient (Wildman–Crippen LogP) is 4.58. The Hall–Kier alpha value is -3.61. The van der Waals surface area contributed by atoms with Gasteiger partial charge in [0.1, 0.15) is 11.5 Å². The van der Waals surface area contributed by atoms with Crippen molar-refractivity contribution >= 4 is 0 Å². The molecule has 1 heterocycles. The average molecular weight is 426 g/mol. The third kappa shape index (κ3) is 3.46. The minimum absolute atomic E-state index is 0.112. The molecule has 2 unspecified atom stereocenters. The van der Waals surface area contributed by atoms with E-state index < -0.39 is 11.6 Å². The fraction of sp³-hybridized carbons (Fsp3) is 0.250. The smallest absolute Gasteiger partial charge is 0.200 e. The molecule has 0 radical (unpaired) electrons. The Balaban J connectivity index is 1.93. The summed E-state index contributed by atoms with van der Waals surface area (Å²) in [6, 6.07) is 11.0.